The lowest BCUT2D eigenvalue weighted by molar-refractivity contribution is -0.148. The van der Waals surface area contributed by atoms with Crippen LogP contribution in [0.5, 0.6) is 0 Å². The van der Waals surface area contributed by atoms with Gasteiger partial charge in [0.25, 0.3) is 0 Å². The van der Waals surface area contributed by atoms with Gasteiger partial charge in [0.2, 0.25) is 11.8 Å². The third kappa shape index (κ3) is 2.25. The molecule has 1 aliphatic heterocycles. The molecule has 3 amide bonds. The molecule has 2 rings (SSSR count). The molecule has 7 nitrogen and oxygen atoms in total. The summed E-state index contributed by atoms with van der Waals surface area (Å²) in [5.74, 6) is 3.98. The van der Waals surface area contributed by atoms with Crippen molar-refractivity contribution >= 4 is 17.7 Å². The predicted octanol–water partition coefficient (Wildman–Crippen LogP) is -0.0778. The average Bonchev–Trinajstić information content (AvgIpc) is 2.81. The van der Waals surface area contributed by atoms with Crippen molar-refractivity contribution in [2.45, 2.75) is 25.8 Å². The fourth-order valence-corrected chi connectivity index (χ4v) is 1.87. The maximum Gasteiger partial charge on any atom is 0.301 e. The average molecular weight is 251 g/mol. The lowest BCUT2D eigenvalue weighted by Gasteiger charge is -2.24. The molecule has 3 N–H and O–H groups in total. The minimum Gasteiger partial charge on any atom is -0.459 e. The van der Waals surface area contributed by atoms with Crippen molar-refractivity contribution in [1.82, 2.24) is 10.3 Å². The highest BCUT2D eigenvalue weighted by Crippen LogP contribution is 2.18. The molecule has 1 aliphatic rings. The second kappa shape index (κ2) is 5.01. The van der Waals surface area contributed by atoms with Crippen LogP contribution in [0.3, 0.4) is 0 Å². The number of likely N-dealkylation sites (tertiary alicyclic amines) is 1. The molecule has 7 heteroatoms. The second-order valence-electron chi connectivity index (χ2n) is 3.98. The molecule has 18 heavy (non-hydrogen) atoms. The highest BCUT2D eigenvalue weighted by Gasteiger charge is 2.28. The molecule has 1 saturated heterocycles. The Bertz CT molecular complexity index is 478. The maximum atomic E-state index is 11.6. The molecule has 2 heterocycles. The topological polar surface area (TPSA) is 106 Å². The number of nitrogens with one attached hydrogen (secondary N) is 1. The number of furan rings is 1. The van der Waals surface area contributed by atoms with Gasteiger partial charge in [-0.3, -0.25) is 24.7 Å². The zero-order valence-electron chi connectivity index (χ0n) is 9.64. The van der Waals surface area contributed by atoms with Crippen LogP contribution in [0.15, 0.2) is 16.7 Å². The summed E-state index contributed by atoms with van der Waals surface area (Å²) in [6.45, 7) is 0.0386. The highest BCUT2D eigenvalue weighted by molar-refractivity contribution is 5.98. The fraction of sp³-hybridized carbons (Fsp3) is 0.364. The Morgan fingerprint density at radius 2 is 2.06 bits per heavy atom. The predicted molar refractivity (Wildman–Crippen MR) is 59.8 cm³/mol. The molecular formula is C11H13N3O4. The third-order valence-electron chi connectivity index (χ3n) is 2.80. The molecular weight excluding hydrogens is 238 g/mol. The van der Waals surface area contributed by atoms with Crippen molar-refractivity contribution < 1.29 is 18.8 Å². The number of hydrazine groups is 1. The van der Waals surface area contributed by atoms with E-state index in [4.69, 9.17) is 10.3 Å². The van der Waals surface area contributed by atoms with E-state index in [1.54, 1.807) is 6.07 Å². The van der Waals surface area contributed by atoms with Crippen molar-refractivity contribution in [3.05, 3.63) is 23.7 Å². The van der Waals surface area contributed by atoms with Gasteiger partial charge in [-0.25, -0.2) is 5.84 Å². The molecule has 0 saturated carbocycles. The van der Waals surface area contributed by atoms with Crippen LogP contribution < -0.4 is 11.3 Å². The number of carbonyl (C=O) groups is 3. The van der Waals surface area contributed by atoms with E-state index in [1.165, 1.54) is 6.26 Å². The number of hydrogen-bond donors (Lipinski definition) is 2. The first kappa shape index (κ1) is 12.3. The van der Waals surface area contributed by atoms with E-state index in [2.05, 4.69) is 0 Å². The first-order valence-electron chi connectivity index (χ1n) is 5.54. The number of rotatable bonds is 3. The number of nitrogen functional groups attached to an aromatic ring is 1. The molecule has 0 spiro atoms. The summed E-state index contributed by atoms with van der Waals surface area (Å²) in [5.41, 5.74) is 2.41. The van der Waals surface area contributed by atoms with Crippen LogP contribution in [0.4, 0.5) is 0 Å². The monoisotopic (exact) mass is 251 g/mol. The van der Waals surface area contributed by atoms with E-state index in [-0.39, 0.29) is 24.1 Å². The van der Waals surface area contributed by atoms with Gasteiger partial charge < -0.3 is 4.42 Å². The van der Waals surface area contributed by atoms with E-state index >= 15 is 0 Å². The Kier molecular flexibility index (Phi) is 3.42. The first-order valence-corrected chi connectivity index (χ1v) is 5.54. The van der Waals surface area contributed by atoms with Crippen LogP contribution >= 0.6 is 0 Å². The van der Waals surface area contributed by atoms with E-state index in [9.17, 15) is 14.4 Å². The van der Waals surface area contributed by atoms with Crippen molar-refractivity contribution in [1.29, 1.82) is 0 Å². The largest absolute Gasteiger partial charge is 0.459 e. The van der Waals surface area contributed by atoms with Crippen LogP contribution in [0.25, 0.3) is 0 Å². The zero-order valence-corrected chi connectivity index (χ0v) is 9.64. The Morgan fingerprint density at radius 1 is 1.39 bits per heavy atom. The molecule has 0 bridgehead atoms. The normalized spacial score (nSPS) is 15.9. The standard InChI is InChI=1S/C11H13N3O4/c12-13-11(17)10-7(4-5-18-10)6-14-8(15)2-1-3-9(14)16/h4-5H,1-3,6,12H2,(H,13,17). The number of piperidine rings is 1. The van der Waals surface area contributed by atoms with Gasteiger partial charge in [-0.05, 0) is 12.5 Å². The summed E-state index contributed by atoms with van der Waals surface area (Å²) in [6.07, 6.45) is 2.60. The van der Waals surface area contributed by atoms with Crippen molar-refractivity contribution in [2.75, 3.05) is 0 Å². The molecule has 0 aromatic carbocycles. The quantitative estimate of drug-likeness (QED) is 0.338. The lowest BCUT2D eigenvalue weighted by atomic mass is 10.1. The van der Waals surface area contributed by atoms with Gasteiger partial charge in [-0.1, -0.05) is 0 Å². The van der Waals surface area contributed by atoms with E-state index in [1.807, 2.05) is 5.43 Å². The molecule has 1 fully saturated rings. The summed E-state index contributed by atoms with van der Waals surface area (Å²) in [4.78, 5) is 35.8. The van der Waals surface area contributed by atoms with Gasteiger partial charge in [0.15, 0.2) is 5.76 Å². The molecule has 0 radical (unpaired) electrons. The third-order valence-corrected chi connectivity index (χ3v) is 2.80. The smallest absolute Gasteiger partial charge is 0.301 e. The summed E-state index contributed by atoms with van der Waals surface area (Å²) in [5, 5.41) is 0. The number of amides is 3. The summed E-state index contributed by atoms with van der Waals surface area (Å²) in [7, 11) is 0. The number of nitrogens with zero attached hydrogens (tertiary/aromatic N) is 1. The first-order chi connectivity index (χ1) is 8.63. The summed E-state index contributed by atoms with van der Waals surface area (Å²) >= 11 is 0. The Labute approximate surface area is 103 Å². The van der Waals surface area contributed by atoms with E-state index in [0.29, 0.717) is 24.8 Å². The molecule has 0 atom stereocenters. The lowest BCUT2D eigenvalue weighted by Crippen LogP contribution is -2.40. The molecule has 96 valence electrons. The van der Waals surface area contributed by atoms with Crippen LogP contribution in [0.1, 0.15) is 35.4 Å². The molecule has 1 aromatic heterocycles. The minimum atomic E-state index is -0.591. The Morgan fingerprint density at radius 3 is 2.67 bits per heavy atom. The van der Waals surface area contributed by atoms with Crippen LogP contribution in [-0.2, 0) is 16.1 Å². The van der Waals surface area contributed by atoms with Gasteiger partial charge in [0.05, 0.1) is 12.8 Å². The van der Waals surface area contributed by atoms with Crippen molar-refractivity contribution in [3.63, 3.8) is 0 Å². The maximum absolute atomic E-state index is 11.6. The second-order valence-corrected chi connectivity index (χ2v) is 3.98. The highest BCUT2D eigenvalue weighted by atomic mass is 16.3. The van der Waals surface area contributed by atoms with Gasteiger partial charge >= 0.3 is 5.91 Å². The van der Waals surface area contributed by atoms with Gasteiger partial charge in [-0.2, -0.15) is 0 Å². The van der Waals surface area contributed by atoms with E-state index < -0.39 is 5.91 Å². The Balaban J connectivity index is 2.18. The molecule has 1 aromatic rings. The van der Waals surface area contributed by atoms with Gasteiger partial charge in [0, 0.05) is 18.4 Å². The number of carbonyl (C=O) groups excluding carboxylic acids is 3. The fourth-order valence-electron chi connectivity index (χ4n) is 1.87. The number of nitrogens with two attached hydrogens (primary N) is 1. The van der Waals surface area contributed by atoms with Crippen LogP contribution in [0.2, 0.25) is 0 Å². The molecule has 0 aliphatic carbocycles. The number of hydrogen-bond acceptors (Lipinski definition) is 5. The molecule has 0 unspecified atom stereocenters. The van der Waals surface area contributed by atoms with Gasteiger partial charge in [0.1, 0.15) is 0 Å². The van der Waals surface area contributed by atoms with Crippen molar-refractivity contribution in [2.24, 2.45) is 5.84 Å². The van der Waals surface area contributed by atoms with Crippen molar-refractivity contribution in [3.8, 4) is 0 Å². The van der Waals surface area contributed by atoms with Crippen LogP contribution in [-0.4, -0.2) is 22.6 Å². The van der Waals surface area contributed by atoms with E-state index in [0.717, 1.165) is 4.90 Å². The SMILES string of the molecule is NNC(=O)c1occc1CN1C(=O)CCCC1=O. The minimum absolute atomic E-state index is 0.0173. The number of imide groups is 1. The van der Waals surface area contributed by atoms with Crippen LogP contribution in [0, 0.1) is 0 Å². The summed E-state index contributed by atoms with van der Waals surface area (Å²) in [6, 6.07) is 1.54. The Hall–Kier alpha value is -2.15. The summed E-state index contributed by atoms with van der Waals surface area (Å²) < 4.78 is 4.99. The van der Waals surface area contributed by atoms with Gasteiger partial charge in [-0.15, -0.1) is 0 Å². The zero-order chi connectivity index (χ0) is 13.1.